The van der Waals surface area contributed by atoms with Crippen LogP contribution in [0.1, 0.15) is 23.3 Å². The Bertz CT molecular complexity index is 680. The van der Waals surface area contributed by atoms with E-state index in [0.29, 0.717) is 6.04 Å². The van der Waals surface area contributed by atoms with Gasteiger partial charge < -0.3 is 0 Å². The van der Waals surface area contributed by atoms with Crippen LogP contribution >= 0.6 is 11.3 Å². The molecule has 1 aromatic heterocycles. The molecule has 2 heterocycles. The number of aliphatic imine (C=N–C) groups is 1. The Labute approximate surface area is 147 Å². The molecule has 1 N–H and O–H groups in total. The fourth-order valence-electron chi connectivity index (χ4n) is 3.03. The summed E-state index contributed by atoms with van der Waals surface area (Å²) in [5, 5.41) is 13.8. The third-order valence-electron chi connectivity index (χ3n) is 4.27. The standard InChI is InChI=1S/C19H22N4S/c20-15-21-19(13-18-7-4-12-24-18)22-17-8-10-23(11-9-17)14-16-5-2-1-3-6-16/h1-7,12,17H,8-11,13-14H2,(H,21,22). The van der Waals surface area contributed by atoms with Crippen molar-refractivity contribution in [1.82, 2.24) is 10.2 Å². The molecule has 24 heavy (non-hydrogen) atoms. The van der Waals surface area contributed by atoms with Crippen molar-refractivity contribution >= 4 is 17.2 Å². The van der Waals surface area contributed by atoms with E-state index in [1.807, 2.05) is 12.3 Å². The van der Waals surface area contributed by atoms with Gasteiger partial charge in [-0.1, -0.05) is 36.4 Å². The lowest BCUT2D eigenvalue weighted by atomic mass is 10.0. The second kappa shape index (κ2) is 8.62. The molecule has 0 unspecified atom stereocenters. The molecule has 0 saturated carbocycles. The quantitative estimate of drug-likeness (QED) is 0.393. The van der Waals surface area contributed by atoms with Crippen molar-refractivity contribution in [3.8, 4) is 6.19 Å². The summed E-state index contributed by atoms with van der Waals surface area (Å²) in [6, 6.07) is 15.0. The molecule has 0 spiro atoms. The molecule has 0 amide bonds. The molecule has 0 bridgehead atoms. The fourth-order valence-corrected chi connectivity index (χ4v) is 3.74. The Morgan fingerprint density at radius 1 is 1.21 bits per heavy atom. The van der Waals surface area contributed by atoms with Crippen LogP contribution in [0, 0.1) is 11.5 Å². The molecular weight excluding hydrogens is 316 g/mol. The molecule has 1 aromatic carbocycles. The third-order valence-corrected chi connectivity index (χ3v) is 5.14. The number of nitrogens with zero attached hydrogens (tertiary/aromatic N) is 3. The molecule has 4 nitrogen and oxygen atoms in total. The summed E-state index contributed by atoms with van der Waals surface area (Å²) in [6.45, 7) is 3.12. The fraction of sp³-hybridized carbons (Fsp3) is 0.368. The number of hydrogen-bond donors (Lipinski definition) is 1. The van der Waals surface area contributed by atoms with Gasteiger partial charge in [0.2, 0.25) is 0 Å². The maximum Gasteiger partial charge on any atom is 0.182 e. The minimum absolute atomic E-state index is 0.313. The topological polar surface area (TPSA) is 51.4 Å². The highest BCUT2D eigenvalue weighted by Crippen LogP contribution is 2.17. The van der Waals surface area contributed by atoms with Crippen molar-refractivity contribution in [1.29, 1.82) is 5.26 Å². The average molecular weight is 338 g/mol. The van der Waals surface area contributed by atoms with Gasteiger partial charge in [-0.05, 0) is 29.9 Å². The van der Waals surface area contributed by atoms with Crippen molar-refractivity contribution in [3.05, 3.63) is 58.3 Å². The van der Waals surface area contributed by atoms with Crippen molar-refractivity contribution in [2.24, 2.45) is 4.99 Å². The highest BCUT2D eigenvalue weighted by Gasteiger charge is 2.19. The van der Waals surface area contributed by atoms with Crippen molar-refractivity contribution < 1.29 is 0 Å². The van der Waals surface area contributed by atoms with Crippen LogP contribution in [-0.4, -0.2) is 29.9 Å². The average Bonchev–Trinajstić information content (AvgIpc) is 3.11. The zero-order valence-electron chi connectivity index (χ0n) is 13.7. The van der Waals surface area contributed by atoms with E-state index in [0.717, 1.165) is 44.7 Å². The predicted molar refractivity (Wildman–Crippen MR) is 98.9 cm³/mol. The van der Waals surface area contributed by atoms with E-state index in [2.05, 4.69) is 52.0 Å². The van der Waals surface area contributed by atoms with Gasteiger partial charge in [0.15, 0.2) is 6.19 Å². The van der Waals surface area contributed by atoms with Gasteiger partial charge >= 0.3 is 0 Å². The van der Waals surface area contributed by atoms with Gasteiger partial charge in [0.25, 0.3) is 0 Å². The van der Waals surface area contributed by atoms with Gasteiger partial charge in [0.05, 0.1) is 6.04 Å². The molecule has 5 heteroatoms. The van der Waals surface area contributed by atoms with Gasteiger partial charge in [-0.15, -0.1) is 11.3 Å². The summed E-state index contributed by atoms with van der Waals surface area (Å²) in [5.41, 5.74) is 1.36. The summed E-state index contributed by atoms with van der Waals surface area (Å²) in [4.78, 5) is 8.52. The first kappa shape index (κ1) is 16.7. The van der Waals surface area contributed by atoms with Gasteiger partial charge in [0.1, 0.15) is 5.84 Å². The van der Waals surface area contributed by atoms with E-state index >= 15 is 0 Å². The molecule has 1 aliphatic heterocycles. The molecule has 2 aromatic rings. The minimum Gasteiger partial charge on any atom is -0.299 e. The first-order chi connectivity index (χ1) is 11.8. The van der Waals surface area contributed by atoms with Crippen LogP contribution in [-0.2, 0) is 13.0 Å². The van der Waals surface area contributed by atoms with E-state index in [-0.39, 0.29) is 0 Å². The van der Waals surface area contributed by atoms with Crippen LogP contribution in [0.2, 0.25) is 0 Å². The second-order valence-corrected chi connectivity index (χ2v) is 7.09. The van der Waals surface area contributed by atoms with Gasteiger partial charge in [-0.25, -0.2) is 0 Å². The highest BCUT2D eigenvalue weighted by molar-refractivity contribution is 7.10. The maximum atomic E-state index is 8.95. The number of hydrogen-bond acceptors (Lipinski definition) is 4. The van der Waals surface area contributed by atoms with Crippen LogP contribution in [0.4, 0.5) is 0 Å². The lowest BCUT2D eigenvalue weighted by Crippen LogP contribution is -2.36. The largest absolute Gasteiger partial charge is 0.299 e. The summed E-state index contributed by atoms with van der Waals surface area (Å²) >= 11 is 1.70. The molecule has 1 saturated heterocycles. The number of likely N-dealkylation sites (tertiary alicyclic amines) is 1. The number of nitriles is 1. The monoisotopic (exact) mass is 338 g/mol. The molecule has 0 radical (unpaired) electrons. The second-order valence-electron chi connectivity index (χ2n) is 6.06. The Kier molecular flexibility index (Phi) is 6.00. The summed E-state index contributed by atoms with van der Waals surface area (Å²) in [5.74, 6) is 0.793. The molecule has 1 fully saturated rings. The normalized spacial score (nSPS) is 16.7. The predicted octanol–water partition coefficient (Wildman–Crippen LogP) is 3.42. The lowest BCUT2D eigenvalue weighted by molar-refractivity contribution is 0.206. The third kappa shape index (κ3) is 4.92. The highest BCUT2D eigenvalue weighted by atomic mass is 32.1. The van der Waals surface area contributed by atoms with E-state index < -0.39 is 0 Å². The number of thiophene rings is 1. The SMILES string of the molecule is N#CNC(Cc1cccs1)=NC1CCN(Cc2ccccc2)CC1. The van der Waals surface area contributed by atoms with Gasteiger partial charge in [0, 0.05) is 30.9 Å². The Morgan fingerprint density at radius 3 is 2.67 bits per heavy atom. The first-order valence-corrected chi connectivity index (χ1v) is 9.22. The van der Waals surface area contributed by atoms with Crippen molar-refractivity contribution in [2.75, 3.05) is 13.1 Å². The summed E-state index contributed by atoms with van der Waals surface area (Å²) in [6.07, 6.45) is 4.84. The molecule has 3 rings (SSSR count). The number of rotatable bonds is 5. The zero-order valence-corrected chi connectivity index (χ0v) is 14.5. The van der Waals surface area contributed by atoms with Crippen molar-refractivity contribution in [3.63, 3.8) is 0 Å². The molecule has 0 aliphatic carbocycles. The van der Waals surface area contributed by atoms with E-state index in [1.54, 1.807) is 11.3 Å². The Morgan fingerprint density at radius 2 is 2.00 bits per heavy atom. The first-order valence-electron chi connectivity index (χ1n) is 8.34. The number of nitrogens with one attached hydrogen (secondary N) is 1. The molecule has 0 atom stereocenters. The van der Waals surface area contributed by atoms with Crippen LogP contribution in [0.3, 0.4) is 0 Å². The Hall–Kier alpha value is -2.16. The van der Waals surface area contributed by atoms with Crippen LogP contribution < -0.4 is 5.32 Å². The lowest BCUT2D eigenvalue weighted by Gasteiger charge is -2.30. The Balaban J connectivity index is 1.53. The smallest absolute Gasteiger partial charge is 0.182 e. The van der Waals surface area contributed by atoms with Crippen LogP contribution in [0.25, 0.3) is 0 Å². The van der Waals surface area contributed by atoms with E-state index in [4.69, 9.17) is 10.3 Å². The van der Waals surface area contributed by atoms with Gasteiger partial charge in [-0.3, -0.25) is 15.2 Å². The number of amidine groups is 1. The summed E-state index contributed by atoms with van der Waals surface area (Å²) < 4.78 is 0. The van der Waals surface area contributed by atoms with Crippen LogP contribution in [0.15, 0.2) is 52.8 Å². The van der Waals surface area contributed by atoms with Crippen LogP contribution in [0.5, 0.6) is 0 Å². The minimum atomic E-state index is 0.313. The van der Waals surface area contributed by atoms with E-state index in [9.17, 15) is 0 Å². The number of benzene rings is 1. The molecule has 124 valence electrons. The van der Waals surface area contributed by atoms with E-state index in [1.165, 1.54) is 10.4 Å². The maximum absolute atomic E-state index is 8.95. The van der Waals surface area contributed by atoms with Crippen molar-refractivity contribution in [2.45, 2.75) is 31.8 Å². The van der Waals surface area contributed by atoms with Gasteiger partial charge in [-0.2, -0.15) is 5.26 Å². The summed E-state index contributed by atoms with van der Waals surface area (Å²) in [7, 11) is 0. The number of piperidine rings is 1. The molecule has 1 aliphatic rings. The zero-order chi connectivity index (χ0) is 16.6. The molecular formula is C19H22N4S.